The molecule has 1 aliphatic rings. The number of rotatable bonds is 5. The topological polar surface area (TPSA) is 81.4 Å². The molecule has 8 heteroatoms. The Hall–Kier alpha value is -1.80. The molecule has 7 nitrogen and oxygen atoms in total. The van der Waals surface area contributed by atoms with Crippen molar-refractivity contribution >= 4 is 17.3 Å². The van der Waals surface area contributed by atoms with Crippen molar-refractivity contribution in [3.63, 3.8) is 0 Å². The number of likely N-dealkylation sites (tertiary alicyclic amines) is 1. The van der Waals surface area contributed by atoms with Crippen LogP contribution in [-0.2, 0) is 4.74 Å². The first kappa shape index (κ1) is 16.1. The highest BCUT2D eigenvalue weighted by molar-refractivity contribution is 7.09. The van der Waals surface area contributed by atoms with Crippen LogP contribution in [0.2, 0.25) is 0 Å². The van der Waals surface area contributed by atoms with Gasteiger partial charge in [0.2, 0.25) is 11.8 Å². The van der Waals surface area contributed by atoms with Crippen molar-refractivity contribution in [3.05, 3.63) is 27.9 Å². The molecule has 0 spiro atoms. The van der Waals surface area contributed by atoms with Gasteiger partial charge in [-0.2, -0.15) is 0 Å². The Kier molecular flexibility index (Phi) is 4.72. The molecule has 0 saturated carbocycles. The maximum Gasteiger partial charge on any atom is 0.357 e. The van der Waals surface area contributed by atoms with E-state index in [1.54, 1.807) is 19.2 Å². The zero-order valence-corrected chi connectivity index (χ0v) is 14.3. The van der Waals surface area contributed by atoms with Gasteiger partial charge in [-0.1, -0.05) is 0 Å². The first-order valence-electron chi connectivity index (χ1n) is 7.78. The van der Waals surface area contributed by atoms with Crippen LogP contribution < -0.4 is 0 Å². The Morgan fingerprint density at radius 1 is 1.57 bits per heavy atom. The third kappa shape index (κ3) is 3.28. The summed E-state index contributed by atoms with van der Waals surface area (Å²) in [5.41, 5.74) is 0.389. The number of hydrogen-bond donors (Lipinski definition) is 0. The van der Waals surface area contributed by atoms with E-state index in [1.807, 2.05) is 0 Å². The number of ether oxygens (including phenoxy) is 1. The van der Waals surface area contributed by atoms with E-state index in [1.165, 1.54) is 11.3 Å². The lowest BCUT2D eigenvalue weighted by Gasteiger charge is -2.27. The van der Waals surface area contributed by atoms with Crippen LogP contribution in [0.3, 0.4) is 0 Å². The van der Waals surface area contributed by atoms with Gasteiger partial charge < -0.3 is 9.15 Å². The van der Waals surface area contributed by atoms with E-state index in [2.05, 4.69) is 27.0 Å². The Morgan fingerprint density at radius 2 is 2.39 bits per heavy atom. The van der Waals surface area contributed by atoms with Crippen LogP contribution in [0.25, 0.3) is 0 Å². The Morgan fingerprint density at radius 3 is 3.09 bits per heavy atom. The van der Waals surface area contributed by atoms with Gasteiger partial charge >= 0.3 is 5.97 Å². The predicted octanol–water partition coefficient (Wildman–Crippen LogP) is 2.91. The third-order valence-corrected chi connectivity index (χ3v) is 4.93. The molecule has 3 heterocycles. The molecule has 2 aromatic heterocycles. The maximum atomic E-state index is 11.8. The van der Waals surface area contributed by atoms with Crippen LogP contribution in [0.5, 0.6) is 0 Å². The molecular weight excluding hydrogens is 316 g/mol. The third-order valence-electron chi connectivity index (χ3n) is 3.98. The minimum Gasteiger partial charge on any atom is -0.461 e. The lowest BCUT2D eigenvalue weighted by atomic mass is 10.2. The van der Waals surface area contributed by atoms with E-state index in [9.17, 15) is 4.79 Å². The molecule has 2 atom stereocenters. The van der Waals surface area contributed by atoms with E-state index >= 15 is 0 Å². The molecule has 2 aromatic rings. The number of hydrogen-bond acceptors (Lipinski definition) is 8. The number of aromatic nitrogens is 3. The molecule has 1 saturated heterocycles. The molecule has 0 amide bonds. The average Bonchev–Trinajstić information content (AvgIpc) is 3.26. The van der Waals surface area contributed by atoms with Crippen molar-refractivity contribution in [3.8, 4) is 0 Å². The molecule has 0 N–H and O–H groups in total. The van der Waals surface area contributed by atoms with Crippen molar-refractivity contribution in [2.75, 3.05) is 13.2 Å². The molecule has 124 valence electrons. The molecule has 3 rings (SSSR count). The van der Waals surface area contributed by atoms with Gasteiger partial charge in [-0.05, 0) is 33.2 Å². The van der Waals surface area contributed by atoms with E-state index < -0.39 is 0 Å². The average molecular weight is 336 g/mol. The second-order valence-corrected chi connectivity index (χ2v) is 6.41. The van der Waals surface area contributed by atoms with Crippen LogP contribution in [0.15, 0.2) is 9.80 Å². The highest BCUT2D eigenvalue weighted by Crippen LogP contribution is 2.39. The van der Waals surface area contributed by atoms with Crippen molar-refractivity contribution in [1.29, 1.82) is 0 Å². The minimum absolute atomic E-state index is 0.0265. The number of thiazole rings is 1. The van der Waals surface area contributed by atoms with Crippen LogP contribution in [0.4, 0.5) is 0 Å². The molecule has 0 bridgehead atoms. The standard InChI is InChI=1S/C15H20N4O3S/c1-4-21-15(20)11-8-23-14(16-11)12-6-5-7-19(12)9(2)13-18-17-10(3)22-13/h8-9,12H,4-7H2,1-3H3. The van der Waals surface area contributed by atoms with Gasteiger partial charge in [-0.15, -0.1) is 21.5 Å². The Labute approximate surface area is 138 Å². The van der Waals surface area contributed by atoms with Crippen molar-refractivity contribution in [2.45, 2.75) is 45.7 Å². The highest BCUT2D eigenvalue weighted by Gasteiger charge is 2.34. The van der Waals surface area contributed by atoms with E-state index in [-0.39, 0.29) is 18.1 Å². The fourth-order valence-electron chi connectivity index (χ4n) is 2.88. The second kappa shape index (κ2) is 6.76. The first-order valence-corrected chi connectivity index (χ1v) is 8.66. The number of nitrogens with zero attached hydrogens (tertiary/aromatic N) is 4. The summed E-state index contributed by atoms with van der Waals surface area (Å²) in [6, 6.07) is 0.198. The van der Waals surface area contributed by atoms with Gasteiger partial charge in [0.05, 0.1) is 18.7 Å². The number of carbonyl (C=O) groups excluding carboxylic acids is 1. The van der Waals surface area contributed by atoms with Crippen LogP contribution >= 0.6 is 11.3 Å². The quantitative estimate of drug-likeness (QED) is 0.776. The van der Waals surface area contributed by atoms with Crippen LogP contribution in [0, 0.1) is 6.92 Å². The van der Waals surface area contributed by atoms with E-state index in [4.69, 9.17) is 9.15 Å². The lowest BCUT2D eigenvalue weighted by Crippen LogP contribution is -2.27. The summed E-state index contributed by atoms with van der Waals surface area (Å²) in [6.07, 6.45) is 2.09. The fraction of sp³-hybridized carbons (Fsp3) is 0.600. The summed E-state index contributed by atoms with van der Waals surface area (Å²) in [4.78, 5) is 18.6. The molecule has 0 aromatic carbocycles. The van der Waals surface area contributed by atoms with Crippen molar-refractivity contribution in [2.24, 2.45) is 0 Å². The smallest absolute Gasteiger partial charge is 0.357 e. The van der Waals surface area contributed by atoms with Crippen molar-refractivity contribution in [1.82, 2.24) is 20.1 Å². The Bertz CT molecular complexity index is 684. The zero-order chi connectivity index (χ0) is 16.4. The molecule has 0 aliphatic carbocycles. The molecule has 23 heavy (non-hydrogen) atoms. The lowest BCUT2D eigenvalue weighted by molar-refractivity contribution is 0.0519. The zero-order valence-electron chi connectivity index (χ0n) is 13.5. The Balaban J connectivity index is 1.77. The van der Waals surface area contributed by atoms with Crippen LogP contribution in [-0.4, -0.2) is 39.2 Å². The van der Waals surface area contributed by atoms with Gasteiger partial charge in [0.1, 0.15) is 5.01 Å². The molecule has 2 unspecified atom stereocenters. The molecule has 1 aliphatic heterocycles. The van der Waals surface area contributed by atoms with E-state index in [0.717, 1.165) is 24.4 Å². The van der Waals surface area contributed by atoms with Gasteiger partial charge in [-0.3, -0.25) is 4.90 Å². The predicted molar refractivity (Wildman–Crippen MR) is 84.2 cm³/mol. The first-order chi connectivity index (χ1) is 11.1. The van der Waals surface area contributed by atoms with E-state index in [0.29, 0.717) is 24.1 Å². The van der Waals surface area contributed by atoms with Crippen LogP contribution in [0.1, 0.15) is 66.1 Å². The summed E-state index contributed by atoms with van der Waals surface area (Å²) in [7, 11) is 0. The normalized spacial score (nSPS) is 19.9. The highest BCUT2D eigenvalue weighted by atomic mass is 32.1. The number of aryl methyl sites for hydroxylation is 1. The number of esters is 1. The van der Waals surface area contributed by atoms with Gasteiger partial charge in [-0.25, -0.2) is 9.78 Å². The van der Waals surface area contributed by atoms with Gasteiger partial charge in [0.25, 0.3) is 0 Å². The molecule has 1 fully saturated rings. The summed E-state index contributed by atoms with van der Waals surface area (Å²) >= 11 is 1.50. The second-order valence-electron chi connectivity index (χ2n) is 5.52. The van der Waals surface area contributed by atoms with Gasteiger partial charge in [0.15, 0.2) is 5.69 Å². The molecular formula is C15H20N4O3S. The fourth-order valence-corrected chi connectivity index (χ4v) is 3.82. The monoisotopic (exact) mass is 336 g/mol. The minimum atomic E-state index is -0.361. The molecule has 0 radical (unpaired) electrons. The number of carbonyl (C=O) groups is 1. The maximum absolute atomic E-state index is 11.8. The largest absolute Gasteiger partial charge is 0.461 e. The SMILES string of the molecule is CCOC(=O)c1csc(C2CCCN2C(C)c2nnc(C)o2)n1. The van der Waals surface area contributed by atoms with Crippen molar-refractivity contribution < 1.29 is 13.9 Å². The summed E-state index contributed by atoms with van der Waals surface area (Å²) in [5, 5.41) is 10.7. The summed E-state index contributed by atoms with van der Waals surface area (Å²) in [5.74, 6) is 0.832. The van der Waals surface area contributed by atoms with Gasteiger partial charge in [0, 0.05) is 12.3 Å². The summed E-state index contributed by atoms with van der Waals surface area (Å²) in [6.45, 7) is 6.94. The summed E-state index contributed by atoms with van der Waals surface area (Å²) < 4.78 is 10.6.